The number of ether oxygens (including phenoxy) is 2. The molecule has 1 aliphatic rings. The van der Waals surface area contributed by atoms with Crippen molar-refractivity contribution in [2.45, 2.75) is 45.1 Å². The van der Waals surface area contributed by atoms with Gasteiger partial charge in [0.15, 0.2) is 0 Å². The summed E-state index contributed by atoms with van der Waals surface area (Å²) in [5, 5.41) is 4.96. The number of benzene rings is 3. The lowest BCUT2D eigenvalue weighted by molar-refractivity contribution is -0.122. The molecule has 2 unspecified atom stereocenters. The van der Waals surface area contributed by atoms with E-state index >= 15 is 0 Å². The second-order valence-electron chi connectivity index (χ2n) is 9.97. The summed E-state index contributed by atoms with van der Waals surface area (Å²) in [5.74, 6) is 1.29. The molecule has 0 bridgehead atoms. The molecule has 3 aromatic carbocycles. The number of hydrazone groups is 1. The van der Waals surface area contributed by atoms with E-state index < -0.39 is 0 Å². The molecule has 2 atom stereocenters. The number of halogens is 2. The van der Waals surface area contributed by atoms with Crippen molar-refractivity contribution in [3.63, 3.8) is 0 Å². The number of nitrogens with one attached hydrogen (secondary N) is 1. The second kappa shape index (κ2) is 10.9. The fourth-order valence-electron chi connectivity index (χ4n) is 4.08. The third kappa shape index (κ3) is 6.21. The Balaban J connectivity index is 1.35. The lowest BCUT2D eigenvalue weighted by Crippen LogP contribution is -2.20. The first kappa shape index (κ1) is 26.1. The molecule has 5 nitrogen and oxygen atoms in total. The van der Waals surface area contributed by atoms with E-state index in [0.717, 1.165) is 17.5 Å². The average molecular weight is 525 g/mol. The van der Waals surface area contributed by atoms with Gasteiger partial charge in [-0.3, -0.25) is 4.79 Å². The first-order chi connectivity index (χ1) is 17.2. The standard InChI is InChI=1S/C29H30Cl2N2O3/c1-29(2,3)21-11-9-19(10-12-21)22-15-23(22)28(34)33-32-16-18-8-13-25(35-4)20(14-18)17-36-26-7-5-6-24(30)27(26)31/h5-14,16,22-23H,15,17H2,1-4H3,(H,33,34)/b32-16+. The first-order valence-corrected chi connectivity index (χ1v) is 12.6. The van der Waals surface area contributed by atoms with Gasteiger partial charge in [-0.05, 0) is 64.8 Å². The highest BCUT2D eigenvalue weighted by molar-refractivity contribution is 6.42. The minimum atomic E-state index is -0.0659. The van der Waals surface area contributed by atoms with Gasteiger partial charge in [0.25, 0.3) is 0 Å². The van der Waals surface area contributed by atoms with E-state index in [-0.39, 0.29) is 29.8 Å². The van der Waals surface area contributed by atoms with Crippen molar-refractivity contribution >= 4 is 35.3 Å². The first-order valence-electron chi connectivity index (χ1n) is 11.8. The van der Waals surface area contributed by atoms with Crippen LogP contribution in [-0.4, -0.2) is 19.2 Å². The maximum absolute atomic E-state index is 12.6. The number of carbonyl (C=O) groups is 1. The number of rotatable bonds is 8. The molecule has 188 valence electrons. The summed E-state index contributed by atoms with van der Waals surface area (Å²) in [6, 6.07) is 19.4. The normalized spacial score (nSPS) is 17.2. The van der Waals surface area contributed by atoms with Crippen LogP contribution in [0.25, 0.3) is 0 Å². The molecular weight excluding hydrogens is 495 g/mol. The van der Waals surface area contributed by atoms with Crippen LogP contribution in [0.2, 0.25) is 10.0 Å². The van der Waals surface area contributed by atoms with Crippen LogP contribution in [0.3, 0.4) is 0 Å². The molecule has 0 aromatic heterocycles. The molecule has 1 N–H and O–H groups in total. The Labute approximate surface area is 222 Å². The molecular formula is C29H30Cl2N2O3. The third-order valence-corrected chi connectivity index (χ3v) is 7.13. The van der Waals surface area contributed by atoms with Crippen LogP contribution in [0.1, 0.15) is 55.4 Å². The minimum Gasteiger partial charge on any atom is -0.496 e. The summed E-state index contributed by atoms with van der Waals surface area (Å²) < 4.78 is 11.3. The number of amides is 1. The van der Waals surface area contributed by atoms with E-state index in [9.17, 15) is 4.79 Å². The topological polar surface area (TPSA) is 59.9 Å². The predicted molar refractivity (Wildman–Crippen MR) is 146 cm³/mol. The van der Waals surface area contributed by atoms with Crippen molar-refractivity contribution < 1.29 is 14.3 Å². The van der Waals surface area contributed by atoms with Crippen molar-refractivity contribution in [1.82, 2.24) is 5.43 Å². The maximum Gasteiger partial charge on any atom is 0.243 e. The molecule has 0 heterocycles. The predicted octanol–water partition coefficient (Wildman–Crippen LogP) is 7.13. The highest BCUT2D eigenvalue weighted by atomic mass is 35.5. The minimum absolute atomic E-state index is 0.0510. The maximum atomic E-state index is 12.6. The largest absolute Gasteiger partial charge is 0.496 e. The van der Waals surface area contributed by atoms with Gasteiger partial charge < -0.3 is 9.47 Å². The summed E-state index contributed by atoms with van der Waals surface area (Å²) in [6.45, 7) is 6.82. The average Bonchev–Trinajstić information content (AvgIpc) is 3.66. The molecule has 3 aromatic rings. The van der Waals surface area contributed by atoms with Crippen LogP contribution in [0.15, 0.2) is 65.8 Å². The van der Waals surface area contributed by atoms with Crippen LogP contribution < -0.4 is 14.9 Å². The summed E-state index contributed by atoms with van der Waals surface area (Å²) in [6.07, 6.45) is 2.45. The van der Waals surface area contributed by atoms with Gasteiger partial charge in [-0.2, -0.15) is 5.10 Å². The molecule has 0 radical (unpaired) electrons. The third-order valence-electron chi connectivity index (χ3n) is 6.32. The SMILES string of the molecule is COc1ccc(/C=N/NC(=O)C2CC2c2ccc(C(C)(C)C)cc2)cc1COc1cccc(Cl)c1Cl. The summed E-state index contributed by atoms with van der Waals surface area (Å²) >= 11 is 12.3. The molecule has 4 rings (SSSR count). The zero-order valence-electron chi connectivity index (χ0n) is 20.8. The van der Waals surface area contributed by atoms with Crippen molar-refractivity contribution in [2.24, 2.45) is 11.0 Å². The van der Waals surface area contributed by atoms with Crippen LogP contribution in [0, 0.1) is 5.92 Å². The van der Waals surface area contributed by atoms with Gasteiger partial charge in [0, 0.05) is 11.5 Å². The molecule has 1 aliphatic carbocycles. The number of nitrogens with zero attached hydrogens (tertiary/aromatic N) is 1. The van der Waals surface area contributed by atoms with Gasteiger partial charge in [0.2, 0.25) is 5.91 Å². The molecule has 36 heavy (non-hydrogen) atoms. The fraction of sp³-hybridized carbons (Fsp3) is 0.310. The highest BCUT2D eigenvalue weighted by Crippen LogP contribution is 2.47. The quantitative estimate of drug-likeness (QED) is 0.251. The Morgan fingerprint density at radius 3 is 2.53 bits per heavy atom. The Hall–Kier alpha value is -3.02. The lowest BCUT2D eigenvalue weighted by Gasteiger charge is -2.19. The van der Waals surface area contributed by atoms with Crippen molar-refractivity contribution in [3.8, 4) is 11.5 Å². The van der Waals surface area contributed by atoms with Gasteiger partial charge in [0.1, 0.15) is 23.1 Å². The Bertz CT molecular complexity index is 1270. The molecule has 0 aliphatic heterocycles. The van der Waals surface area contributed by atoms with E-state index in [0.29, 0.717) is 21.5 Å². The number of hydrogen-bond acceptors (Lipinski definition) is 4. The van der Waals surface area contributed by atoms with Crippen LogP contribution in [-0.2, 0) is 16.8 Å². The summed E-state index contributed by atoms with van der Waals surface area (Å²) in [5.41, 5.74) is 6.90. The Kier molecular flexibility index (Phi) is 7.91. The van der Waals surface area contributed by atoms with Crippen LogP contribution in [0.4, 0.5) is 0 Å². The van der Waals surface area contributed by atoms with E-state index in [1.165, 1.54) is 11.1 Å². The zero-order chi connectivity index (χ0) is 25.9. The Morgan fingerprint density at radius 2 is 1.83 bits per heavy atom. The molecule has 1 fully saturated rings. The monoisotopic (exact) mass is 524 g/mol. The van der Waals surface area contributed by atoms with E-state index in [1.54, 1.807) is 31.5 Å². The molecule has 0 saturated heterocycles. The summed E-state index contributed by atoms with van der Waals surface area (Å²) in [4.78, 5) is 12.6. The van der Waals surface area contributed by atoms with Gasteiger partial charge in [-0.15, -0.1) is 0 Å². The number of carbonyl (C=O) groups excluding carboxylic acids is 1. The second-order valence-corrected chi connectivity index (χ2v) is 10.8. The smallest absolute Gasteiger partial charge is 0.243 e. The summed E-state index contributed by atoms with van der Waals surface area (Å²) in [7, 11) is 1.60. The number of hydrogen-bond donors (Lipinski definition) is 1. The number of methoxy groups -OCH3 is 1. The molecule has 1 amide bonds. The van der Waals surface area contributed by atoms with Crippen molar-refractivity contribution in [3.05, 3.63) is 93.0 Å². The zero-order valence-corrected chi connectivity index (χ0v) is 22.4. The van der Waals surface area contributed by atoms with Gasteiger partial charge in [-0.25, -0.2) is 5.43 Å². The van der Waals surface area contributed by atoms with Crippen molar-refractivity contribution in [1.29, 1.82) is 0 Å². The lowest BCUT2D eigenvalue weighted by atomic mass is 9.86. The molecule has 0 spiro atoms. The Morgan fingerprint density at radius 1 is 1.08 bits per heavy atom. The van der Waals surface area contributed by atoms with Gasteiger partial charge in [0.05, 0.1) is 18.3 Å². The van der Waals surface area contributed by atoms with Gasteiger partial charge in [-0.1, -0.05) is 74.3 Å². The molecule has 7 heteroatoms. The fourth-order valence-corrected chi connectivity index (χ4v) is 4.43. The van der Waals surface area contributed by atoms with Crippen LogP contribution in [0.5, 0.6) is 11.5 Å². The van der Waals surface area contributed by atoms with Crippen LogP contribution >= 0.6 is 23.2 Å². The van der Waals surface area contributed by atoms with E-state index in [1.807, 2.05) is 18.2 Å². The van der Waals surface area contributed by atoms with E-state index in [4.69, 9.17) is 32.7 Å². The van der Waals surface area contributed by atoms with Gasteiger partial charge >= 0.3 is 0 Å². The van der Waals surface area contributed by atoms with Crippen molar-refractivity contribution in [2.75, 3.05) is 7.11 Å². The highest BCUT2D eigenvalue weighted by Gasteiger charge is 2.44. The molecule has 1 saturated carbocycles. The van der Waals surface area contributed by atoms with E-state index in [2.05, 4.69) is 55.6 Å².